The zero-order valence-corrected chi connectivity index (χ0v) is 20.7. The molecule has 3 aromatic heterocycles. The molecule has 5 rings (SSSR count). The molecule has 0 radical (unpaired) electrons. The summed E-state index contributed by atoms with van der Waals surface area (Å²) in [4.78, 5) is 36.1. The second-order valence-corrected chi connectivity index (χ2v) is 8.99. The highest BCUT2D eigenvalue weighted by Gasteiger charge is 2.24. The molecule has 4 aromatic rings. The number of amides is 2. The van der Waals surface area contributed by atoms with Crippen LogP contribution < -0.4 is 4.90 Å². The number of carbonyl (C=O) groups excluding carboxylic acids is 2. The lowest BCUT2D eigenvalue weighted by atomic mass is 10.1. The highest BCUT2D eigenvalue weighted by atomic mass is 16.5. The van der Waals surface area contributed by atoms with E-state index in [0.717, 1.165) is 48.4 Å². The van der Waals surface area contributed by atoms with Crippen molar-refractivity contribution in [3.8, 4) is 0 Å². The van der Waals surface area contributed by atoms with Crippen molar-refractivity contribution in [2.24, 2.45) is 0 Å². The number of anilines is 1. The molecule has 10 nitrogen and oxygen atoms in total. The molecule has 1 fully saturated rings. The minimum atomic E-state index is -0.124. The van der Waals surface area contributed by atoms with Crippen LogP contribution in [-0.4, -0.2) is 81.2 Å². The lowest BCUT2D eigenvalue weighted by Crippen LogP contribution is -2.49. The van der Waals surface area contributed by atoms with E-state index in [4.69, 9.17) is 4.52 Å². The smallest absolute Gasteiger partial charge is 0.292 e. The van der Waals surface area contributed by atoms with Crippen molar-refractivity contribution in [2.45, 2.75) is 13.3 Å². The van der Waals surface area contributed by atoms with Crippen LogP contribution >= 0.6 is 0 Å². The summed E-state index contributed by atoms with van der Waals surface area (Å²) >= 11 is 0. The first-order chi connectivity index (χ1) is 18.1. The Hall–Kier alpha value is -4.31. The summed E-state index contributed by atoms with van der Waals surface area (Å²) < 4.78 is 5.00. The Bertz CT molecular complexity index is 1370. The maximum Gasteiger partial charge on any atom is 0.292 e. The number of rotatable bonds is 8. The highest BCUT2D eigenvalue weighted by Crippen LogP contribution is 2.22. The Morgan fingerprint density at radius 1 is 1.05 bits per heavy atom. The lowest BCUT2D eigenvalue weighted by Gasteiger charge is -2.34. The van der Waals surface area contributed by atoms with Crippen LogP contribution in [0.25, 0.3) is 16.6 Å². The molecule has 1 aliphatic rings. The summed E-state index contributed by atoms with van der Waals surface area (Å²) in [7, 11) is 0. The standard InChI is InChI=1S/C27H29N7O3/c1-20(25-22-9-5-11-28-26(22)31-30-25)19-24(35)34(21-7-3-2-4-8-21)14-6-13-32-15-17-33(18-16-32)27(36)23-10-12-29-37-23/h2-5,7-12,19H,6,13-18H2,1H3,(H,28,30,31)/b20-19+. The van der Waals surface area contributed by atoms with E-state index in [1.165, 1.54) is 6.20 Å². The average Bonchev–Trinajstić information content (AvgIpc) is 3.62. The van der Waals surface area contributed by atoms with Crippen molar-refractivity contribution in [3.63, 3.8) is 0 Å². The van der Waals surface area contributed by atoms with E-state index in [-0.39, 0.29) is 17.6 Å². The van der Waals surface area contributed by atoms with Crippen molar-refractivity contribution >= 4 is 34.1 Å². The predicted molar refractivity (Wildman–Crippen MR) is 140 cm³/mol. The van der Waals surface area contributed by atoms with Gasteiger partial charge in [0.05, 0.1) is 11.9 Å². The van der Waals surface area contributed by atoms with Gasteiger partial charge in [-0.2, -0.15) is 5.10 Å². The third-order valence-electron chi connectivity index (χ3n) is 6.56. The largest absolute Gasteiger partial charge is 0.351 e. The Kier molecular flexibility index (Phi) is 7.36. The van der Waals surface area contributed by atoms with Crippen LogP contribution in [0.5, 0.6) is 0 Å². The van der Waals surface area contributed by atoms with Gasteiger partial charge in [-0.15, -0.1) is 0 Å². The normalized spacial score (nSPS) is 14.7. The van der Waals surface area contributed by atoms with Crippen molar-refractivity contribution in [1.82, 2.24) is 30.1 Å². The molecule has 4 heterocycles. The quantitative estimate of drug-likeness (QED) is 0.371. The third kappa shape index (κ3) is 5.59. The van der Waals surface area contributed by atoms with Gasteiger partial charge in [0.1, 0.15) is 0 Å². The number of aromatic amines is 1. The summed E-state index contributed by atoms with van der Waals surface area (Å²) in [6, 6.07) is 15.1. The number of piperazine rings is 1. The lowest BCUT2D eigenvalue weighted by molar-refractivity contribution is -0.114. The van der Waals surface area contributed by atoms with E-state index < -0.39 is 0 Å². The van der Waals surface area contributed by atoms with E-state index >= 15 is 0 Å². The molecule has 10 heteroatoms. The second kappa shape index (κ2) is 11.2. The number of allylic oxidation sites excluding steroid dienone is 1. The Morgan fingerprint density at radius 3 is 2.62 bits per heavy atom. The van der Waals surface area contributed by atoms with Gasteiger partial charge >= 0.3 is 0 Å². The number of nitrogens with one attached hydrogen (secondary N) is 1. The molecule has 0 aliphatic carbocycles. The molecule has 0 saturated carbocycles. The van der Waals surface area contributed by atoms with Gasteiger partial charge in [-0.1, -0.05) is 23.4 Å². The molecule has 0 atom stereocenters. The molecule has 0 bridgehead atoms. The number of benzene rings is 1. The van der Waals surface area contributed by atoms with Gasteiger partial charge in [0.15, 0.2) is 5.65 Å². The molecule has 37 heavy (non-hydrogen) atoms. The molecule has 1 N–H and O–H groups in total. The van der Waals surface area contributed by atoms with Crippen LogP contribution in [0.1, 0.15) is 29.6 Å². The summed E-state index contributed by atoms with van der Waals surface area (Å²) in [5.41, 5.74) is 3.08. The Morgan fingerprint density at radius 2 is 1.86 bits per heavy atom. The van der Waals surface area contributed by atoms with Gasteiger partial charge in [0.25, 0.3) is 11.8 Å². The van der Waals surface area contributed by atoms with Crippen molar-refractivity contribution < 1.29 is 14.1 Å². The number of pyridine rings is 1. The number of nitrogens with zero attached hydrogens (tertiary/aromatic N) is 6. The predicted octanol–water partition coefficient (Wildman–Crippen LogP) is 3.23. The molecule has 0 spiro atoms. The number of aromatic nitrogens is 4. The Labute approximate surface area is 214 Å². The van der Waals surface area contributed by atoms with E-state index in [1.54, 1.807) is 23.2 Å². The van der Waals surface area contributed by atoms with E-state index in [2.05, 4.69) is 25.2 Å². The molecule has 2 amide bonds. The van der Waals surface area contributed by atoms with Gasteiger partial charge in [-0.05, 0) is 49.7 Å². The number of fused-ring (bicyclic) bond motifs is 1. The summed E-state index contributed by atoms with van der Waals surface area (Å²) in [5, 5.41) is 11.8. The average molecular weight is 500 g/mol. The monoisotopic (exact) mass is 499 g/mol. The van der Waals surface area contributed by atoms with Gasteiger partial charge in [-0.3, -0.25) is 19.6 Å². The topological polar surface area (TPSA) is 111 Å². The van der Waals surface area contributed by atoms with Crippen molar-refractivity contribution in [3.05, 3.63) is 78.5 Å². The number of para-hydroxylation sites is 1. The molecular weight excluding hydrogens is 470 g/mol. The van der Waals surface area contributed by atoms with Crippen LogP contribution in [0.4, 0.5) is 5.69 Å². The van der Waals surface area contributed by atoms with Gasteiger partial charge in [0.2, 0.25) is 5.76 Å². The van der Waals surface area contributed by atoms with E-state index in [0.29, 0.717) is 25.3 Å². The first kappa shape index (κ1) is 24.4. The van der Waals surface area contributed by atoms with Crippen LogP contribution in [-0.2, 0) is 4.79 Å². The zero-order valence-electron chi connectivity index (χ0n) is 20.7. The first-order valence-corrected chi connectivity index (χ1v) is 12.4. The van der Waals surface area contributed by atoms with Gasteiger partial charge in [-0.25, -0.2) is 4.98 Å². The van der Waals surface area contributed by atoms with Crippen LogP contribution in [0.3, 0.4) is 0 Å². The molecule has 1 aromatic carbocycles. The maximum atomic E-state index is 13.4. The van der Waals surface area contributed by atoms with Crippen molar-refractivity contribution in [2.75, 3.05) is 44.2 Å². The minimum absolute atomic E-state index is 0.0854. The molecule has 0 unspecified atom stereocenters. The molecule has 1 aliphatic heterocycles. The minimum Gasteiger partial charge on any atom is -0.351 e. The van der Waals surface area contributed by atoms with Crippen LogP contribution in [0, 0.1) is 0 Å². The van der Waals surface area contributed by atoms with Gasteiger partial charge < -0.3 is 14.3 Å². The number of hydrogen-bond donors (Lipinski definition) is 1. The number of hydrogen-bond acceptors (Lipinski definition) is 7. The zero-order chi connectivity index (χ0) is 25.6. The summed E-state index contributed by atoms with van der Waals surface area (Å²) in [5.74, 6) is 0.0620. The number of H-pyrrole nitrogens is 1. The fourth-order valence-electron chi connectivity index (χ4n) is 4.57. The summed E-state index contributed by atoms with van der Waals surface area (Å²) in [6.45, 7) is 6.14. The fraction of sp³-hybridized carbons (Fsp3) is 0.296. The highest BCUT2D eigenvalue weighted by molar-refractivity contribution is 6.06. The van der Waals surface area contributed by atoms with Crippen molar-refractivity contribution in [1.29, 1.82) is 0 Å². The van der Waals surface area contributed by atoms with Gasteiger partial charge in [0, 0.05) is 62.1 Å². The van der Waals surface area contributed by atoms with E-state index in [9.17, 15) is 9.59 Å². The molecular formula is C27H29N7O3. The third-order valence-corrected chi connectivity index (χ3v) is 6.56. The SMILES string of the molecule is C/C(=C\C(=O)N(CCCN1CCN(C(=O)c2ccno2)CC1)c1ccccc1)c1[nH]nc2ncccc12. The fourth-order valence-corrected chi connectivity index (χ4v) is 4.57. The van der Waals surface area contributed by atoms with Crippen LogP contribution in [0.15, 0.2) is 71.5 Å². The summed E-state index contributed by atoms with van der Waals surface area (Å²) in [6.07, 6.45) is 5.64. The molecule has 1 saturated heterocycles. The Balaban J connectivity index is 1.21. The maximum absolute atomic E-state index is 13.4. The molecule has 190 valence electrons. The first-order valence-electron chi connectivity index (χ1n) is 12.4. The van der Waals surface area contributed by atoms with Crippen LogP contribution in [0.2, 0.25) is 0 Å². The second-order valence-electron chi connectivity index (χ2n) is 8.99. The van der Waals surface area contributed by atoms with E-state index in [1.807, 2.05) is 54.3 Å². The number of carbonyl (C=O) groups is 2.